The van der Waals surface area contributed by atoms with Crippen LogP contribution >= 0.6 is 27.4 Å². The van der Waals surface area contributed by atoms with Gasteiger partial charge in [-0.3, -0.25) is 0 Å². The minimum Gasteiger partial charge on any atom is -0.370 e. The van der Waals surface area contributed by atoms with E-state index in [1.54, 1.807) is 29.9 Å². The molecule has 0 N–H and O–H groups in total. The lowest BCUT2D eigenvalue weighted by Crippen LogP contribution is -2.31. The van der Waals surface area contributed by atoms with E-state index in [9.17, 15) is 0 Å². The Bertz CT molecular complexity index is 347. The molecule has 3 aliphatic rings. The maximum atomic E-state index is 5.90. The molecular weight excluding hydrogens is 315 g/mol. The van der Waals surface area contributed by atoms with Crippen LogP contribution in [0.25, 0.3) is 0 Å². The van der Waals surface area contributed by atoms with Crippen molar-refractivity contribution in [3.8, 4) is 0 Å². The monoisotopic (exact) mass is 330 g/mol. The highest BCUT2D eigenvalue weighted by Crippen LogP contribution is 2.74. The van der Waals surface area contributed by atoms with E-state index in [4.69, 9.17) is 35.3 Å². The second-order valence-electron chi connectivity index (χ2n) is 4.08. The fourth-order valence-electron chi connectivity index (χ4n) is 2.07. The molecular formula is C9H15O5PS3. The van der Waals surface area contributed by atoms with Crippen LogP contribution in [0.3, 0.4) is 0 Å². The van der Waals surface area contributed by atoms with Gasteiger partial charge in [-0.1, -0.05) is 22.8 Å². The van der Waals surface area contributed by atoms with E-state index in [1.165, 1.54) is 0 Å². The van der Waals surface area contributed by atoms with E-state index >= 15 is 0 Å². The first-order chi connectivity index (χ1) is 8.70. The Hall–Kier alpha value is 1.15. The third kappa shape index (κ3) is 2.92. The van der Waals surface area contributed by atoms with Gasteiger partial charge in [0.25, 0.3) is 6.48 Å². The number of fused-ring (bicyclic) bond motifs is 1. The summed E-state index contributed by atoms with van der Waals surface area (Å²) >= 11 is 9.08. The highest BCUT2D eigenvalue weighted by atomic mass is 33.2. The van der Waals surface area contributed by atoms with Crippen LogP contribution < -0.4 is 0 Å². The minimum absolute atomic E-state index is 0.0492. The van der Waals surface area contributed by atoms with Crippen LogP contribution in [-0.2, 0) is 35.3 Å². The van der Waals surface area contributed by atoms with E-state index in [0.29, 0.717) is 13.2 Å². The molecule has 104 valence electrons. The van der Waals surface area contributed by atoms with Crippen LogP contribution in [0.4, 0.5) is 0 Å². The zero-order valence-corrected chi connectivity index (χ0v) is 13.2. The van der Waals surface area contributed by atoms with Gasteiger partial charge >= 0.3 is 0 Å². The molecule has 9 heteroatoms. The lowest BCUT2D eigenvalue weighted by atomic mass is 10.2. The molecule has 0 spiro atoms. The first kappa shape index (κ1) is 14.1. The molecule has 2 unspecified atom stereocenters. The number of methoxy groups -OCH3 is 1. The largest absolute Gasteiger partial charge is 0.370 e. The molecule has 3 saturated heterocycles. The molecule has 3 heterocycles. The fourth-order valence-corrected chi connectivity index (χ4v) is 10.9. The quantitative estimate of drug-likeness (QED) is 0.724. The van der Waals surface area contributed by atoms with Crippen LogP contribution in [0.15, 0.2) is 0 Å². The summed E-state index contributed by atoms with van der Waals surface area (Å²) in [5.41, 5.74) is 0. The number of ether oxygens (including phenoxy) is 4. The molecule has 3 fully saturated rings. The average Bonchev–Trinajstić information content (AvgIpc) is 3.02. The molecule has 0 bridgehead atoms. The van der Waals surface area contributed by atoms with E-state index in [1.807, 2.05) is 0 Å². The molecule has 0 aromatic rings. The van der Waals surface area contributed by atoms with E-state index in [-0.39, 0.29) is 18.3 Å². The van der Waals surface area contributed by atoms with Gasteiger partial charge < -0.3 is 23.5 Å². The van der Waals surface area contributed by atoms with E-state index in [2.05, 4.69) is 0 Å². The van der Waals surface area contributed by atoms with Crippen molar-refractivity contribution < 1.29 is 23.5 Å². The summed E-state index contributed by atoms with van der Waals surface area (Å²) in [6, 6.07) is 0. The average molecular weight is 330 g/mol. The van der Waals surface area contributed by atoms with Crippen molar-refractivity contribution in [2.45, 2.75) is 24.8 Å². The molecule has 3 rings (SSSR count). The van der Waals surface area contributed by atoms with E-state index < -0.39 is 11.1 Å². The first-order valence-electron chi connectivity index (χ1n) is 5.69. The SMILES string of the molecule is COC1OC2CO[C@H](COP3(=S)SCCS3)[C@@H]2O1. The summed E-state index contributed by atoms with van der Waals surface area (Å²) < 4.78 is 26.0. The maximum Gasteiger partial charge on any atom is 0.272 e. The van der Waals surface area contributed by atoms with Crippen molar-refractivity contribution in [3.63, 3.8) is 0 Å². The zero-order chi connectivity index (χ0) is 12.6. The van der Waals surface area contributed by atoms with Gasteiger partial charge in [-0.15, -0.1) is 0 Å². The van der Waals surface area contributed by atoms with E-state index in [0.717, 1.165) is 11.5 Å². The van der Waals surface area contributed by atoms with Gasteiger partial charge in [0, 0.05) is 18.6 Å². The summed E-state index contributed by atoms with van der Waals surface area (Å²) in [5, 5.41) is 0. The number of rotatable bonds is 4. The molecule has 5 nitrogen and oxygen atoms in total. The highest BCUT2D eigenvalue weighted by molar-refractivity contribution is 9.00. The predicted molar refractivity (Wildman–Crippen MR) is 75.4 cm³/mol. The summed E-state index contributed by atoms with van der Waals surface area (Å²) in [4.78, 5) is 0. The van der Waals surface area contributed by atoms with Crippen LogP contribution in [-0.4, -0.2) is 56.6 Å². The highest BCUT2D eigenvalue weighted by Gasteiger charge is 2.47. The van der Waals surface area contributed by atoms with Crippen molar-refractivity contribution in [2.75, 3.05) is 31.8 Å². The van der Waals surface area contributed by atoms with Crippen LogP contribution in [0.1, 0.15) is 0 Å². The third-order valence-corrected chi connectivity index (χ3v) is 12.8. The fraction of sp³-hybridized carbons (Fsp3) is 1.00. The molecule has 3 aliphatic heterocycles. The van der Waals surface area contributed by atoms with Gasteiger partial charge in [0.15, 0.2) is 4.67 Å². The molecule has 0 amide bonds. The summed E-state index contributed by atoms with van der Waals surface area (Å²) in [6.07, 6.45) is -0.252. The second-order valence-corrected chi connectivity index (χ2v) is 14.8. The van der Waals surface area contributed by atoms with Gasteiger partial charge in [-0.05, 0) is 11.8 Å². The van der Waals surface area contributed by atoms with Crippen molar-refractivity contribution in [1.82, 2.24) is 0 Å². The Labute approximate surface area is 119 Å². The van der Waals surface area contributed by atoms with Crippen LogP contribution in [0, 0.1) is 0 Å². The lowest BCUT2D eigenvalue weighted by molar-refractivity contribution is -0.244. The molecule has 0 aromatic heterocycles. The molecule has 0 aromatic carbocycles. The summed E-state index contributed by atoms with van der Waals surface area (Å²) in [5.74, 6) is 2.18. The van der Waals surface area contributed by atoms with Gasteiger partial charge in [0.2, 0.25) is 0 Å². The van der Waals surface area contributed by atoms with Crippen molar-refractivity contribution in [2.24, 2.45) is 0 Å². The summed E-state index contributed by atoms with van der Waals surface area (Å²) in [6.45, 7) is 0.439. The number of hydrogen-bond donors (Lipinski definition) is 0. The van der Waals surface area contributed by atoms with Gasteiger partial charge in [-0.25, -0.2) is 0 Å². The molecule has 0 aliphatic carbocycles. The second kappa shape index (κ2) is 5.87. The Balaban J connectivity index is 1.53. The molecule has 0 radical (unpaired) electrons. The normalized spacial score (nSPS) is 42.3. The van der Waals surface area contributed by atoms with Crippen LogP contribution in [0.5, 0.6) is 0 Å². The van der Waals surface area contributed by atoms with Crippen molar-refractivity contribution in [3.05, 3.63) is 0 Å². The Morgan fingerprint density at radius 3 is 2.83 bits per heavy atom. The molecule has 4 atom stereocenters. The van der Waals surface area contributed by atoms with Gasteiger partial charge in [0.1, 0.15) is 18.3 Å². The third-order valence-electron chi connectivity index (χ3n) is 2.93. The Morgan fingerprint density at radius 1 is 1.33 bits per heavy atom. The zero-order valence-electron chi connectivity index (χ0n) is 9.85. The lowest BCUT2D eigenvalue weighted by Gasteiger charge is -2.20. The predicted octanol–water partition coefficient (Wildman–Crippen LogP) is 1.82. The van der Waals surface area contributed by atoms with Crippen molar-refractivity contribution >= 4 is 39.2 Å². The topological polar surface area (TPSA) is 46.2 Å². The Kier molecular flexibility index (Phi) is 4.60. The van der Waals surface area contributed by atoms with Gasteiger partial charge in [0.05, 0.1) is 13.2 Å². The Morgan fingerprint density at radius 2 is 2.11 bits per heavy atom. The first-order valence-corrected chi connectivity index (χ1v) is 11.6. The van der Waals surface area contributed by atoms with Crippen LogP contribution in [0.2, 0.25) is 0 Å². The number of hydrogen-bond acceptors (Lipinski definition) is 8. The van der Waals surface area contributed by atoms with Crippen molar-refractivity contribution in [1.29, 1.82) is 0 Å². The maximum absolute atomic E-state index is 5.90. The minimum atomic E-state index is -1.72. The molecule has 18 heavy (non-hydrogen) atoms. The standard InChI is InChI=1S/C9H15O5PS3/c1-10-9-13-7-4-11-6(8(7)14-9)5-12-15(16)17-2-3-18-15/h6-9H,2-5H2,1H3/t6-,7?,8+,9?/m1/s1. The smallest absolute Gasteiger partial charge is 0.272 e. The molecule has 0 saturated carbocycles. The van der Waals surface area contributed by atoms with Gasteiger partial charge in [-0.2, -0.15) is 0 Å². The summed E-state index contributed by atoms with van der Waals surface area (Å²) in [7, 11) is 1.56.